The van der Waals surface area contributed by atoms with Gasteiger partial charge in [0.1, 0.15) is 10.6 Å². The number of methoxy groups -OCH3 is 1. The van der Waals surface area contributed by atoms with E-state index in [1.807, 2.05) is 30.3 Å². The van der Waals surface area contributed by atoms with Gasteiger partial charge in [-0.25, -0.2) is 13.1 Å². The van der Waals surface area contributed by atoms with Crippen LogP contribution in [0.15, 0.2) is 53.4 Å². The summed E-state index contributed by atoms with van der Waals surface area (Å²) in [6.45, 7) is 1.66. The van der Waals surface area contributed by atoms with Crippen LogP contribution in [-0.2, 0) is 14.8 Å². The van der Waals surface area contributed by atoms with Crippen LogP contribution < -0.4 is 20.1 Å². The van der Waals surface area contributed by atoms with E-state index in [1.54, 1.807) is 6.07 Å². The molecule has 0 spiro atoms. The van der Waals surface area contributed by atoms with Gasteiger partial charge in [-0.05, 0) is 56.0 Å². The maximum absolute atomic E-state index is 12.8. The van der Waals surface area contributed by atoms with Gasteiger partial charge >= 0.3 is 0 Å². The number of nitrogens with one attached hydrogen (secondary N) is 3. The van der Waals surface area contributed by atoms with Crippen molar-refractivity contribution in [2.24, 2.45) is 0 Å². The molecule has 2 fully saturated rings. The first kappa shape index (κ1) is 24.2. The van der Waals surface area contributed by atoms with Gasteiger partial charge < -0.3 is 15.4 Å². The van der Waals surface area contributed by atoms with Crippen LogP contribution in [-0.4, -0.2) is 64.0 Å². The fourth-order valence-corrected chi connectivity index (χ4v) is 5.44. The van der Waals surface area contributed by atoms with Crippen LogP contribution in [0.3, 0.4) is 0 Å². The van der Waals surface area contributed by atoms with Crippen LogP contribution in [0.2, 0.25) is 0 Å². The number of rotatable bonds is 9. The number of para-hydroxylation sites is 1. The zero-order valence-corrected chi connectivity index (χ0v) is 19.9. The number of carbonyl (C=O) groups is 2. The second-order valence-corrected chi connectivity index (χ2v) is 10.4. The highest BCUT2D eigenvalue weighted by Crippen LogP contribution is 2.28. The zero-order chi connectivity index (χ0) is 24.1. The first-order chi connectivity index (χ1) is 16.3. The van der Waals surface area contributed by atoms with Gasteiger partial charge in [-0.2, -0.15) is 0 Å². The van der Waals surface area contributed by atoms with Gasteiger partial charge in [0.2, 0.25) is 15.9 Å². The van der Waals surface area contributed by atoms with Gasteiger partial charge in [0.15, 0.2) is 0 Å². The Kier molecular flexibility index (Phi) is 7.50. The number of hydrogen-bond donors (Lipinski definition) is 3. The molecule has 1 heterocycles. The van der Waals surface area contributed by atoms with Crippen LogP contribution in [0, 0.1) is 0 Å². The highest BCUT2D eigenvalue weighted by Gasteiger charge is 2.30. The number of amides is 2. The van der Waals surface area contributed by atoms with Crippen molar-refractivity contribution in [2.75, 3.05) is 32.1 Å². The molecule has 2 aromatic rings. The van der Waals surface area contributed by atoms with Crippen molar-refractivity contribution in [3.63, 3.8) is 0 Å². The van der Waals surface area contributed by atoms with E-state index in [0.29, 0.717) is 32.5 Å². The molecule has 0 aromatic heterocycles. The summed E-state index contributed by atoms with van der Waals surface area (Å²) in [5.74, 6) is -0.196. The summed E-state index contributed by atoms with van der Waals surface area (Å²) in [5, 5.41) is 5.88. The molecule has 10 heteroatoms. The molecule has 0 atom stereocenters. The summed E-state index contributed by atoms with van der Waals surface area (Å²) in [6.07, 6.45) is 3.03. The highest BCUT2D eigenvalue weighted by molar-refractivity contribution is 7.89. The number of sulfonamides is 1. The van der Waals surface area contributed by atoms with Crippen molar-refractivity contribution < 1.29 is 22.7 Å². The lowest BCUT2D eigenvalue weighted by Crippen LogP contribution is -2.46. The van der Waals surface area contributed by atoms with Crippen molar-refractivity contribution in [1.82, 2.24) is 14.9 Å². The SMILES string of the molecule is COc1ccc(C(=O)NC2CCN(CC(=O)Nc3ccccc3)CC2)cc1S(=O)(=O)NC1CC1. The third-order valence-corrected chi connectivity index (χ3v) is 7.50. The van der Waals surface area contributed by atoms with Crippen molar-refractivity contribution in [1.29, 1.82) is 0 Å². The average molecular weight is 487 g/mol. The Morgan fingerprint density at radius 2 is 1.71 bits per heavy atom. The average Bonchev–Trinajstić information content (AvgIpc) is 3.64. The standard InChI is InChI=1S/C24H30N4O5S/c1-33-21-10-7-17(15-22(21)34(31,32)27-20-8-9-20)24(30)26-19-11-13-28(14-12-19)16-23(29)25-18-5-3-2-4-6-18/h2-7,10,15,19-20,27H,8-9,11-14,16H2,1H3,(H,25,29)(H,26,30). The van der Waals surface area contributed by atoms with Gasteiger partial charge in [0.25, 0.3) is 5.91 Å². The summed E-state index contributed by atoms with van der Waals surface area (Å²) in [7, 11) is -2.37. The van der Waals surface area contributed by atoms with Gasteiger partial charge in [-0.3, -0.25) is 14.5 Å². The predicted molar refractivity (Wildman–Crippen MR) is 128 cm³/mol. The summed E-state index contributed by atoms with van der Waals surface area (Å²) >= 11 is 0. The number of anilines is 1. The lowest BCUT2D eigenvalue weighted by molar-refractivity contribution is -0.117. The number of likely N-dealkylation sites (tertiary alicyclic amines) is 1. The number of ether oxygens (including phenoxy) is 1. The molecule has 182 valence electrons. The van der Waals surface area contributed by atoms with Crippen LogP contribution in [0.25, 0.3) is 0 Å². The minimum atomic E-state index is -3.77. The zero-order valence-electron chi connectivity index (χ0n) is 19.1. The van der Waals surface area contributed by atoms with Crippen LogP contribution in [0.1, 0.15) is 36.0 Å². The van der Waals surface area contributed by atoms with Gasteiger partial charge in [0.05, 0.1) is 13.7 Å². The molecule has 0 unspecified atom stereocenters. The van der Waals surface area contributed by atoms with E-state index in [0.717, 1.165) is 18.5 Å². The van der Waals surface area contributed by atoms with E-state index in [9.17, 15) is 18.0 Å². The Bertz CT molecular complexity index is 1130. The number of hydrogen-bond acceptors (Lipinski definition) is 6. The molecule has 1 aliphatic carbocycles. The van der Waals surface area contributed by atoms with Crippen molar-refractivity contribution in [3.8, 4) is 5.75 Å². The second kappa shape index (κ2) is 10.5. The molecule has 1 saturated heterocycles. The van der Waals surface area contributed by atoms with E-state index < -0.39 is 10.0 Å². The normalized spacial score (nSPS) is 17.2. The Morgan fingerprint density at radius 3 is 2.35 bits per heavy atom. The molecule has 2 aromatic carbocycles. The quantitative estimate of drug-likeness (QED) is 0.499. The highest BCUT2D eigenvalue weighted by atomic mass is 32.2. The fraction of sp³-hybridized carbons (Fsp3) is 0.417. The number of piperidine rings is 1. The molecule has 1 saturated carbocycles. The van der Waals surface area contributed by atoms with Crippen LogP contribution in [0.4, 0.5) is 5.69 Å². The van der Waals surface area contributed by atoms with E-state index in [1.165, 1.54) is 19.2 Å². The Hall–Kier alpha value is -2.95. The molecule has 1 aliphatic heterocycles. The topological polar surface area (TPSA) is 117 Å². The molecule has 0 bridgehead atoms. The Morgan fingerprint density at radius 1 is 1.00 bits per heavy atom. The summed E-state index contributed by atoms with van der Waals surface area (Å²) < 4.78 is 33.2. The van der Waals surface area contributed by atoms with Crippen molar-refractivity contribution >= 4 is 27.5 Å². The van der Waals surface area contributed by atoms with Crippen molar-refractivity contribution in [2.45, 2.75) is 42.7 Å². The molecule has 4 rings (SSSR count). The summed E-state index contributed by atoms with van der Waals surface area (Å²) in [6, 6.07) is 13.7. The smallest absolute Gasteiger partial charge is 0.251 e. The van der Waals surface area contributed by atoms with E-state index in [2.05, 4.69) is 20.3 Å². The van der Waals surface area contributed by atoms with E-state index in [-0.39, 0.29) is 40.1 Å². The fourth-order valence-electron chi connectivity index (χ4n) is 3.94. The minimum Gasteiger partial charge on any atom is -0.495 e. The number of carbonyl (C=O) groups excluding carboxylic acids is 2. The molecule has 9 nitrogen and oxygen atoms in total. The lowest BCUT2D eigenvalue weighted by Gasteiger charge is -2.31. The number of nitrogens with zero attached hydrogens (tertiary/aromatic N) is 1. The molecule has 2 amide bonds. The molecule has 0 radical (unpaired) electrons. The maximum Gasteiger partial charge on any atom is 0.251 e. The lowest BCUT2D eigenvalue weighted by atomic mass is 10.0. The maximum atomic E-state index is 12.8. The molecule has 3 N–H and O–H groups in total. The van der Waals surface area contributed by atoms with Gasteiger partial charge in [-0.1, -0.05) is 18.2 Å². The van der Waals surface area contributed by atoms with Gasteiger partial charge in [-0.15, -0.1) is 0 Å². The molecule has 34 heavy (non-hydrogen) atoms. The first-order valence-electron chi connectivity index (χ1n) is 11.4. The number of benzene rings is 2. The van der Waals surface area contributed by atoms with Crippen molar-refractivity contribution in [3.05, 3.63) is 54.1 Å². The summed E-state index contributed by atoms with van der Waals surface area (Å²) in [4.78, 5) is 27.1. The second-order valence-electron chi connectivity index (χ2n) is 8.70. The minimum absolute atomic E-state index is 0.0335. The largest absolute Gasteiger partial charge is 0.495 e. The molecular weight excluding hydrogens is 456 g/mol. The van der Waals surface area contributed by atoms with Crippen LogP contribution >= 0.6 is 0 Å². The van der Waals surface area contributed by atoms with Crippen LogP contribution in [0.5, 0.6) is 5.75 Å². The Balaban J connectivity index is 1.30. The third-order valence-electron chi connectivity index (χ3n) is 5.96. The molecular formula is C24H30N4O5S. The predicted octanol–water partition coefficient (Wildman–Crippen LogP) is 1.97. The third kappa shape index (κ3) is 6.34. The Labute approximate surface area is 199 Å². The van der Waals surface area contributed by atoms with E-state index >= 15 is 0 Å². The first-order valence-corrected chi connectivity index (χ1v) is 12.9. The monoisotopic (exact) mass is 486 g/mol. The summed E-state index contributed by atoms with van der Waals surface area (Å²) in [5.41, 5.74) is 1.03. The molecule has 2 aliphatic rings. The van der Waals surface area contributed by atoms with Gasteiger partial charge in [0, 0.05) is 36.4 Å². The van der Waals surface area contributed by atoms with E-state index in [4.69, 9.17) is 4.74 Å².